The van der Waals surface area contributed by atoms with Crippen molar-refractivity contribution in [3.05, 3.63) is 83.6 Å². The molecule has 0 saturated heterocycles. The minimum Gasteiger partial charge on any atom is -0.493 e. The van der Waals surface area contributed by atoms with E-state index < -0.39 is 5.82 Å². The SMILES string of the molecule is CCOc1cc(C(=O)N(C)Cc2ccc(F)c3cn[nH]c23)cc(F)c1-c1ccccc1. The van der Waals surface area contributed by atoms with Crippen LogP contribution in [0.25, 0.3) is 22.0 Å². The number of rotatable bonds is 6. The van der Waals surface area contributed by atoms with Crippen LogP contribution in [0.2, 0.25) is 0 Å². The quantitative estimate of drug-likeness (QED) is 0.467. The van der Waals surface area contributed by atoms with E-state index >= 15 is 4.39 Å². The highest BCUT2D eigenvalue weighted by Crippen LogP contribution is 2.34. The van der Waals surface area contributed by atoms with Gasteiger partial charge in [0.25, 0.3) is 5.91 Å². The third-order valence-corrected chi connectivity index (χ3v) is 5.07. The second kappa shape index (κ2) is 8.55. The number of aromatic nitrogens is 2. The van der Waals surface area contributed by atoms with Crippen molar-refractivity contribution in [2.45, 2.75) is 13.5 Å². The Kier molecular flexibility index (Phi) is 5.66. The highest BCUT2D eigenvalue weighted by atomic mass is 19.1. The Labute approximate surface area is 178 Å². The van der Waals surface area contributed by atoms with Gasteiger partial charge in [-0.25, -0.2) is 8.78 Å². The fourth-order valence-corrected chi connectivity index (χ4v) is 3.60. The summed E-state index contributed by atoms with van der Waals surface area (Å²) in [6, 6.07) is 14.8. The number of ether oxygens (including phenoxy) is 1. The number of nitrogens with zero attached hydrogens (tertiary/aromatic N) is 2. The average molecular weight is 421 g/mol. The maximum absolute atomic E-state index is 15.1. The van der Waals surface area contributed by atoms with E-state index in [2.05, 4.69) is 10.2 Å². The number of carbonyl (C=O) groups is 1. The molecule has 1 aromatic heterocycles. The largest absolute Gasteiger partial charge is 0.493 e. The van der Waals surface area contributed by atoms with Gasteiger partial charge in [-0.05, 0) is 36.2 Å². The van der Waals surface area contributed by atoms with Crippen molar-refractivity contribution in [1.82, 2.24) is 15.1 Å². The number of H-pyrrole nitrogens is 1. The molecule has 31 heavy (non-hydrogen) atoms. The van der Waals surface area contributed by atoms with Gasteiger partial charge in [-0.15, -0.1) is 0 Å². The first-order chi connectivity index (χ1) is 15.0. The van der Waals surface area contributed by atoms with E-state index in [-0.39, 0.29) is 23.8 Å². The van der Waals surface area contributed by atoms with Crippen LogP contribution in [0, 0.1) is 11.6 Å². The molecule has 4 rings (SSSR count). The lowest BCUT2D eigenvalue weighted by molar-refractivity contribution is 0.0784. The van der Waals surface area contributed by atoms with Gasteiger partial charge in [0, 0.05) is 19.2 Å². The Balaban J connectivity index is 1.66. The maximum atomic E-state index is 15.1. The zero-order chi connectivity index (χ0) is 22.0. The molecule has 0 bridgehead atoms. The van der Waals surface area contributed by atoms with Crippen molar-refractivity contribution in [3.63, 3.8) is 0 Å². The van der Waals surface area contributed by atoms with Crippen molar-refractivity contribution in [1.29, 1.82) is 0 Å². The molecule has 4 aromatic rings. The van der Waals surface area contributed by atoms with Crippen molar-refractivity contribution < 1.29 is 18.3 Å². The summed E-state index contributed by atoms with van der Waals surface area (Å²) in [6.07, 6.45) is 1.40. The molecule has 0 unspecified atom stereocenters. The normalized spacial score (nSPS) is 11.0. The van der Waals surface area contributed by atoms with Crippen LogP contribution in [0.3, 0.4) is 0 Å². The molecule has 1 heterocycles. The maximum Gasteiger partial charge on any atom is 0.254 e. The highest BCUT2D eigenvalue weighted by molar-refractivity contribution is 5.96. The number of fused-ring (bicyclic) bond motifs is 1. The van der Waals surface area contributed by atoms with Crippen LogP contribution in [0.15, 0.2) is 60.8 Å². The molecule has 0 saturated carbocycles. The monoisotopic (exact) mass is 421 g/mol. The number of aromatic amines is 1. The molecule has 0 radical (unpaired) electrons. The number of hydrogen-bond acceptors (Lipinski definition) is 3. The molecule has 0 atom stereocenters. The molecular weight excluding hydrogens is 400 g/mol. The highest BCUT2D eigenvalue weighted by Gasteiger charge is 2.20. The summed E-state index contributed by atoms with van der Waals surface area (Å²) >= 11 is 0. The second-order valence-electron chi connectivity index (χ2n) is 7.16. The predicted octanol–water partition coefficient (Wildman–Crippen LogP) is 5.18. The minimum atomic E-state index is -0.536. The Hall–Kier alpha value is -3.74. The third-order valence-electron chi connectivity index (χ3n) is 5.07. The number of halogens is 2. The molecule has 5 nitrogen and oxygen atoms in total. The van der Waals surface area contributed by atoms with Crippen LogP contribution in [0.1, 0.15) is 22.8 Å². The van der Waals surface area contributed by atoms with E-state index in [4.69, 9.17) is 4.74 Å². The first kappa shape index (κ1) is 20.5. The first-order valence-electron chi connectivity index (χ1n) is 9.87. The number of amides is 1. The Bertz CT molecular complexity index is 1240. The van der Waals surface area contributed by atoms with Gasteiger partial charge in [-0.1, -0.05) is 36.4 Å². The molecule has 0 aliphatic carbocycles. The van der Waals surface area contributed by atoms with E-state index in [0.717, 1.165) is 0 Å². The molecule has 1 N–H and O–H groups in total. The summed E-state index contributed by atoms with van der Waals surface area (Å²) in [7, 11) is 1.61. The lowest BCUT2D eigenvalue weighted by Crippen LogP contribution is -2.26. The minimum absolute atomic E-state index is 0.172. The van der Waals surface area contributed by atoms with E-state index in [0.29, 0.717) is 39.9 Å². The van der Waals surface area contributed by atoms with Crippen molar-refractivity contribution >= 4 is 16.8 Å². The lowest BCUT2D eigenvalue weighted by atomic mass is 10.0. The fourth-order valence-electron chi connectivity index (χ4n) is 3.60. The third kappa shape index (κ3) is 3.99. The van der Waals surface area contributed by atoms with Crippen molar-refractivity contribution in [2.24, 2.45) is 0 Å². The number of carbonyl (C=O) groups excluding carboxylic acids is 1. The van der Waals surface area contributed by atoms with E-state index in [9.17, 15) is 9.18 Å². The van der Waals surface area contributed by atoms with Crippen LogP contribution in [-0.4, -0.2) is 34.7 Å². The lowest BCUT2D eigenvalue weighted by Gasteiger charge is -2.19. The van der Waals surface area contributed by atoms with Crippen molar-refractivity contribution in [2.75, 3.05) is 13.7 Å². The van der Waals surface area contributed by atoms with Gasteiger partial charge in [-0.2, -0.15) is 5.10 Å². The van der Waals surface area contributed by atoms with Crippen LogP contribution in [-0.2, 0) is 6.54 Å². The molecular formula is C24H21F2N3O2. The number of nitrogens with one attached hydrogen (secondary N) is 1. The summed E-state index contributed by atoms with van der Waals surface area (Å²) < 4.78 is 34.6. The van der Waals surface area contributed by atoms with Gasteiger partial charge >= 0.3 is 0 Å². The summed E-state index contributed by atoms with van der Waals surface area (Å²) in [4.78, 5) is 14.5. The zero-order valence-corrected chi connectivity index (χ0v) is 17.2. The number of benzene rings is 3. The van der Waals surface area contributed by atoms with E-state index in [1.54, 1.807) is 38.2 Å². The topological polar surface area (TPSA) is 58.2 Å². The second-order valence-corrected chi connectivity index (χ2v) is 7.16. The van der Waals surface area contributed by atoms with Gasteiger partial charge in [0.15, 0.2) is 0 Å². The Morgan fingerprint density at radius 1 is 1.10 bits per heavy atom. The Morgan fingerprint density at radius 2 is 1.87 bits per heavy atom. The molecule has 3 aromatic carbocycles. The van der Waals surface area contributed by atoms with Gasteiger partial charge in [0.05, 0.1) is 29.3 Å². The molecule has 7 heteroatoms. The summed E-state index contributed by atoms with van der Waals surface area (Å²) in [6.45, 7) is 2.33. The van der Waals surface area contributed by atoms with Gasteiger partial charge in [0.2, 0.25) is 0 Å². The zero-order valence-electron chi connectivity index (χ0n) is 17.2. The fraction of sp³-hybridized carbons (Fsp3) is 0.167. The van der Waals surface area contributed by atoms with Gasteiger partial charge in [0.1, 0.15) is 17.4 Å². The van der Waals surface area contributed by atoms with Gasteiger partial charge < -0.3 is 9.64 Å². The van der Waals surface area contributed by atoms with Crippen molar-refractivity contribution in [3.8, 4) is 16.9 Å². The first-order valence-corrected chi connectivity index (χ1v) is 9.87. The molecule has 0 spiro atoms. The number of hydrogen-bond donors (Lipinski definition) is 1. The van der Waals surface area contributed by atoms with Crippen LogP contribution < -0.4 is 4.74 Å². The smallest absolute Gasteiger partial charge is 0.254 e. The molecule has 0 aliphatic rings. The van der Waals surface area contributed by atoms with Crippen LogP contribution in [0.5, 0.6) is 5.75 Å². The summed E-state index contributed by atoms with van der Waals surface area (Å²) in [5, 5.41) is 7.00. The van der Waals surface area contributed by atoms with E-state index in [1.807, 2.05) is 18.2 Å². The summed E-state index contributed by atoms with van der Waals surface area (Å²) in [5.74, 6) is -0.993. The standard InChI is InChI=1S/C24H21F2N3O2/c1-3-31-21-12-17(11-20(26)22(21)15-7-5-4-6-8-15)24(30)29(2)14-16-9-10-19(25)18-13-27-28-23(16)18/h4-13H,3,14H2,1-2H3,(H,27,28). The predicted molar refractivity (Wildman–Crippen MR) is 115 cm³/mol. The Morgan fingerprint density at radius 3 is 2.61 bits per heavy atom. The molecule has 1 amide bonds. The average Bonchev–Trinajstić information content (AvgIpc) is 3.27. The van der Waals surface area contributed by atoms with Gasteiger partial charge in [-0.3, -0.25) is 9.89 Å². The van der Waals surface area contributed by atoms with E-state index in [1.165, 1.54) is 23.2 Å². The molecule has 0 aliphatic heterocycles. The summed E-state index contributed by atoms with van der Waals surface area (Å²) in [5.41, 5.74) is 2.39. The molecule has 0 fully saturated rings. The van der Waals surface area contributed by atoms with Crippen LogP contribution in [0.4, 0.5) is 8.78 Å². The molecule has 158 valence electrons. The van der Waals surface area contributed by atoms with Crippen LogP contribution >= 0.6 is 0 Å².